The number of nitrogens with one attached hydrogen (secondary N) is 1. The number of aliphatic hydroxyl groups excluding tert-OH is 2. The van der Waals surface area contributed by atoms with Crippen LogP contribution in [0.15, 0.2) is 48.0 Å². The summed E-state index contributed by atoms with van der Waals surface area (Å²) in [6.07, 6.45) is -0.132. The summed E-state index contributed by atoms with van der Waals surface area (Å²) < 4.78 is 25.5. The first-order chi connectivity index (χ1) is 17.7. The minimum absolute atomic E-state index is 0.0252. The highest BCUT2D eigenvalue weighted by Gasteiger charge is 2.40. The lowest BCUT2D eigenvalue weighted by Gasteiger charge is -2.40. The van der Waals surface area contributed by atoms with Crippen LogP contribution in [-0.2, 0) is 16.1 Å². The van der Waals surface area contributed by atoms with E-state index in [1.54, 1.807) is 18.2 Å². The fourth-order valence-electron chi connectivity index (χ4n) is 4.09. The molecule has 198 valence electrons. The number of ether oxygens (including phenoxy) is 2. The van der Waals surface area contributed by atoms with Gasteiger partial charge in [0.2, 0.25) is 11.8 Å². The Kier molecular flexibility index (Phi) is 10.0. The summed E-state index contributed by atoms with van der Waals surface area (Å²) in [6, 6.07) is 7.87. The largest absolute Gasteiger partial charge is 0.493 e. The normalized spacial score (nSPS) is 19.0. The molecule has 0 saturated carbocycles. The van der Waals surface area contributed by atoms with Crippen molar-refractivity contribution < 1.29 is 38.5 Å². The van der Waals surface area contributed by atoms with Crippen molar-refractivity contribution in [3.05, 3.63) is 68.6 Å². The average molecular weight is 626 g/mol. The van der Waals surface area contributed by atoms with Crippen molar-refractivity contribution in [2.75, 3.05) is 20.3 Å². The van der Waals surface area contributed by atoms with E-state index in [-0.39, 0.29) is 49.1 Å². The molecule has 3 rings (SSSR count). The Balaban J connectivity index is 1.99. The Bertz CT molecular complexity index is 1170. The smallest absolute Gasteiger partial charge is 0.247 e. The summed E-state index contributed by atoms with van der Waals surface area (Å²) in [4.78, 5) is 38.2. The third-order valence-corrected chi connectivity index (χ3v) is 6.73. The lowest BCUT2D eigenvalue weighted by atomic mass is 9.88. The minimum Gasteiger partial charge on any atom is -0.493 e. The van der Waals surface area contributed by atoms with E-state index in [0.29, 0.717) is 21.0 Å². The molecule has 3 N–H and O–H groups in total. The van der Waals surface area contributed by atoms with E-state index in [4.69, 9.17) is 14.6 Å². The average Bonchev–Trinajstić information content (AvgIpc) is 2.88. The van der Waals surface area contributed by atoms with Crippen LogP contribution in [0.25, 0.3) is 0 Å². The molecule has 2 amide bonds. The van der Waals surface area contributed by atoms with E-state index in [0.717, 1.165) is 0 Å². The standard InChI is InChI=1S/C26H28FIN2O7/c1-15(33)30(13-16-3-5-19(27)6-4-16)21-11-18(26(35)29-7-8-31)12-22(24(21)34)37-25-20(28)9-17(14-32)10-23(25)36-2/h3-6,9-10,12,14,21-22,24,31,34H,7-8,11,13H2,1-2H3,(H,29,35). The summed E-state index contributed by atoms with van der Waals surface area (Å²) in [7, 11) is 1.41. The van der Waals surface area contributed by atoms with Gasteiger partial charge in [-0.3, -0.25) is 14.4 Å². The number of halogens is 2. The van der Waals surface area contributed by atoms with Crippen molar-refractivity contribution in [3.8, 4) is 11.5 Å². The van der Waals surface area contributed by atoms with Gasteiger partial charge in [0, 0.05) is 37.6 Å². The minimum atomic E-state index is -1.25. The van der Waals surface area contributed by atoms with Crippen LogP contribution in [0.5, 0.6) is 11.5 Å². The molecular weight excluding hydrogens is 598 g/mol. The molecule has 1 aliphatic carbocycles. The van der Waals surface area contributed by atoms with Crippen molar-refractivity contribution in [1.82, 2.24) is 10.2 Å². The molecule has 9 nitrogen and oxygen atoms in total. The topological polar surface area (TPSA) is 125 Å². The Hall–Kier alpha value is -3.03. The molecule has 0 heterocycles. The van der Waals surface area contributed by atoms with Gasteiger partial charge >= 0.3 is 0 Å². The Morgan fingerprint density at radius 3 is 2.57 bits per heavy atom. The van der Waals surface area contributed by atoms with Crippen LogP contribution >= 0.6 is 22.6 Å². The number of benzene rings is 2. The molecule has 0 aliphatic heterocycles. The molecule has 0 spiro atoms. The maximum atomic E-state index is 13.4. The van der Waals surface area contributed by atoms with Gasteiger partial charge in [0.05, 0.1) is 23.3 Å². The molecule has 11 heteroatoms. The molecule has 0 saturated heterocycles. The number of methoxy groups -OCH3 is 1. The molecule has 0 bridgehead atoms. The van der Waals surface area contributed by atoms with Gasteiger partial charge in [-0.1, -0.05) is 12.1 Å². The fourth-order valence-corrected chi connectivity index (χ4v) is 4.84. The van der Waals surface area contributed by atoms with Gasteiger partial charge in [-0.05, 0) is 58.5 Å². The third-order valence-electron chi connectivity index (χ3n) is 5.93. The number of carbonyl (C=O) groups is 3. The lowest BCUT2D eigenvalue weighted by molar-refractivity contribution is -0.137. The Labute approximate surface area is 227 Å². The molecule has 0 aromatic heterocycles. The molecule has 2 aromatic carbocycles. The zero-order chi connectivity index (χ0) is 27.1. The maximum Gasteiger partial charge on any atom is 0.247 e. The van der Waals surface area contributed by atoms with Crippen molar-refractivity contribution in [3.63, 3.8) is 0 Å². The van der Waals surface area contributed by atoms with Crippen LogP contribution in [0.1, 0.15) is 29.3 Å². The fraction of sp³-hybridized carbons (Fsp3) is 0.346. The number of amides is 2. The van der Waals surface area contributed by atoms with E-state index in [1.807, 2.05) is 22.6 Å². The van der Waals surface area contributed by atoms with Gasteiger partial charge < -0.3 is 29.9 Å². The Morgan fingerprint density at radius 2 is 1.97 bits per heavy atom. The number of hydrogen-bond acceptors (Lipinski definition) is 7. The first-order valence-corrected chi connectivity index (χ1v) is 12.5. The molecule has 3 unspecified atom stereocenters. The molecule has 0 radical (unpaired) electrons. The van der Waals surface area contributed by atoms with Gasteiger partial charge in [-0.15, -0.1) is 0 Å². The van der Waals surface area contributed by atoms with E-state index < -0.39 is 30.0 Å². The van der Waals surface area contributed by atoms with Crippen LogP contribution in [-0.4, -0.2) is 71.7 Å². The molecule has 0 fully saturated rings. The zero-order valence-electron chi connectivity index (χ0n) is 20.3. The lowest BCUT2D eigenvalue weighted by Crippen LogP contribution is -2.54. The van der Waals surface area contributed by atoms with Gasteiger partial charge in [0.1, 0.15) is 24.3 Å². The highest BCUT2D eigenvalue weighted by atomic mass is 127. The number of nitrogens with zero attached hydrogens (tertiary/aromatic N) is 1. The second kappa shape index (κ2) is 13.0. The summed E-state index contributed by atoms with van der Waals surface area (Å²) in [5.41, 5.74) is 1.28. The van der Waals surface area contributed by atoms with E-state index >= 15 is 0 Å². The van der Waals surface area contributed by atoms with Gasteiger partial charge in [-0.25, -0.2) is 4.39 Å². The molecule has 37 heavy (non-hydrogen) atoms. The number of rotatable bonds is 10. The summed E-state index contributed by atoms with van der Waals surface area (Å²) in [5.74, 6) is -0.718. The maximum absolute atomic E-state index is 13.4. The molecule has 1 aliphatic rings. The highest BCUT2D eigenvalue weighted by Crippen LogP contribution is 2.37. The SMILES string of the molecule is COc1cc(C=O)cc(I)c1OC1C=C(C(=O)NCCO)CC(N(Cc2ccc(F)cc2)C(C)=O)C1O. The van der Waals surface area contributed by atoms with Crippen molar-refractivity contribution in [2.24, 2.45) is 0 Å². The quantitative estimate of drug-likeness (QED) is 0.273. The van der Waals surface area contributed by atoms with Crippen LogP contribution in [0.4, 0.5) is 4.39 Å². The monoisotopic (exact) mass is 626 g/mol. The number of carbonyl (C=O) groups excluding carboxylic acids is 3. The van der Waals surface area contributed by atoms with Gasteiger partial charge in [0.15, 0.2) is 11.5 Å². The number of hydrogen-bond donors (Lipinski definition) is 3. The van der Waals surface area contributed by atoms with Crippen LogP contribution < -0.4 is 14.8 Å². The third kappa shape index (κ3) is 7.05. The van der Waals surface area contributed by atoms with Crippen molar-refractivity contribution in [1.29, 1.82) is 0 Å². The second-order valence-electron chi connectivity index (χ2n) is 8.44. The van der Waals surface area contributed by atoms with Crippen LogP contribution in [0.2, 0.25) is 0 Å². The highest BCUT2D eigenvalue weighted by molar-refractivity contribution is 14.1. The number of aldehydes is 1. The van der Waals surface area contributed by atoms with Crippen molar-refractivity contribution in [2.45, 2.75) is 38.1 Å². The number of aliphatic hydroxyl groups is 2. The predicted molar refractivity (Wildman–Crippen MR) is 141 cm³/mol. The summed E-state index contributed by atoms with van der Waals surface area (Å²) in [5, 5.41) is 23.1. The van der Waals surface area contributed by atoms with E-state index in [1.165, 1.54) is 43.2 Å². The van der Waals surface area contributed by atoms with Crippen molar-refractivity contribution >= 4 is 40.7 Å². The zero-order valence-corrected chi connectivity index (χ0v) is 22.5. The second-order valence-corrected chi connectivity index (χ2v) is 9.60. The summed E-state index contributed by atoms with van der Waals surface area (Å²) in [6.45, 7) is 1.19. The van der Waals surface area contributed by atoms with Gasteiger partial charge in [-0.2, -0.15) is 0 Å². The van der Waals surface area contributed by atoms with Gasteiger partial charge in [0.25, 0.3) is 0 Å². The first-order valence-electron chi connectivity index (χ1n) is 11.5. The predicted octanol–water partition coefficient (Wildman–Crippen LogP) is 2.22. The Morgan fingerprint density at radius 1 is 1.27 bits per heavy atom. The molecule has 3 atom stereocenters. The molecular formula is C26H28FIN2O7. The summed E-state index contributed by atoms with van der Waals surface area (Å²) >= 11 is 1.98. The van der Waals surface area contributed by atoms with Crippen LogP contribution in [0, 0.1) is 9.39 Å². The van der Waals surface area contributed by atoms with E-state index in [2.05, 4.69) is 5.32 Å². The van der Waals surface area contributed by atoms with Crippen LogP contribution in [0.3, 0.4) is 0 Å². The molecule has 2 aromatic rings. The van der Waals surface area contributed by atoms with E-state index in [9.17, 15) is 23.9 Å². The first kappa shape index (κ1) is 28.5.